The minimum absolute atomic E-state index is 0.0659. The van der Waals surface area contributed by atoms with E-state index >= 15 is 0 Å². The largest absolute Gasteiger partial charge is 0.409 e. The van der Waals surface area contributed by atoms with Crippen molar-refractivity contribution in [3.8, 4) is 0 Å². The first-order valence-corrected chi connectivity index (χ1v) is 7.02. The summed E-state index contributed by atoms with van der Waals surface area (Å²) >= 11 is 3.29. The van der Waals surface area contributed by atoms with Gasteiger partial charge in [0.2, 0.25) is 5.91 Å². The first-order valence-electron chi connectivity index (χ1n) is 6.23. The topological polar surface area (TPSA) is 96.9 Å². The Bertz CT molecular complexity index is 492. The molecule has 20 heavy (non-hydrogen) atoms. The molecule has 0 saturated heterocycles. The standard InChI is InChI=1S/C13H18BrN3O3/c1-2-6-20-7-5-12(18)16-11-4-3-9(14)8-10(11)13(15)17-19/h3-4,8,19H,2,5-7H2,1H3,(H2,15,17)(H,16,18). The number of ether oxygens (including phenoxy) is 1. The molecular weight excluding hydrogens is 326 g/mol. The highest BCUT2D eigenvalue weighted by atomic mass is 79.9. The van der Waals surface area contributed by atoms with Crippen molar-refractivity contribution < 1.29 is 14.7 Å². The van der Waals surface area contributed by atoms with Crippen molar-refractivity contribution in [3.63, 3.8) is 0 Å². The van der Waals surface area contributed by atoms with Gasteiger partial charge in [0, 0.05) is 16.6 Å². The third-order valence-electron chi connectivity index (χ3n) is 2.46. The zero-order valence-corrected chi connectivity index (χ0v) is 12.8. The number of hydrogen-bond acceptors (Lipinski definition) is 4. The molecule has 110 valence electrons. The van der Waals surface area contributed by atoms with Crippen LogP contribution in [0.25, 0.3) is 0 Å². The Morgan fingerprint density at radius 1 is 1.50 bits per heavy atom. The number of hydrogen-bond donors (Lipinski definition) is 3. The van der Waals surface area contributed by atoms with Gasteiger partial charge < -0.3 is 21.0 Å². The fourth-order valence-corrected chi connectivity index (χ4v) is 1.88. The first-order chi connectivity index (χ1) is 9.58. The number of amidine groups is 1. The molecule has 7 heteroatoms. The van der Waals surface area contributed by atoms with Gasteiger partial charge in [-0.2, -0.15) is 0 Å². The van der Waals surface area contributed by atoms with Gasteiger partial charge in [-0.25, -0.2) is 0 Å². The lowest BCUT2D eigenvalue weighted by Crippen LogP contribution is -2.20. The van der Waals surface area contributed by atoms with Gasteiger partial charge in [-0.1, -0.05) is 28.0 Å². The highest BCUT2D eigenvalue weighted by Gasteiger charge is 2.11. The number of amides is 1. The SMILES string of the molecule is CCCOCCC(=O)Nc1ccc(Br)cc1/C(N)=N/O. The van der Waals surface area contributed by atoms with E-state index in [2.05, 4.69) is 26.4 Å². The molecule has 0 bridgehead atoms. The maximum absolute atomic E-state index is 11.8. The molecule has 1 aromatic carbocycles. The zero-order valence-electron chi connectivity index (χ0n) is 11.2. The van der Waals surface area contributed by atoms with Crippen molar-refractivity contribution in [2.24, 2.45) is 10.9 Å². The summed E-state index contributed by atoms with van der Waals surface area (Å²) in [5.74, 6) is -0.251. The Morgan fingerprint density at radius 2 is 2.25 bits per heavy atom. The Hall–Kier alpha value is -1.60. The van der Waals surface area contributed by atoms with E-state index in [0.717, 1.165) is 10.9 Å². The molecule has 0 aromatic heterocycles. The van der Waals surface area contributed by atoms with Crippen LogP contribution in [-0.4, -0.2) is 30.2 Å². The molecule has 0 atom stereocenters. The third kappa shape index (κ3) is 5.18. The third-order valence-corrected chi connectivity index (χ3v) is 2.95. The molecule has 0 spiro atoms. The number of benzene rings is 1. The molecule has 6 nitrogen and oxygen atoms in total. The quantitative estimate of drug-likeness (QED) is 0.232. The molecular formula is C13H18BrN3O3. The minimum atomic E-state index is -0.185. The number of anilines is 1. The predicted octanol–water partition coefficient (Wildman–Crippen LogP) is 2.30. The van der Waals surface area contributed by atoms with Crippen molar-refractivity contribution in [2.45, 2.75) is 19.8 Å². The van der Waals surface area contributed by atoms with Crippen LogP contribution in [0.5, 0.6) is 0 Å². The Morgan fingerprint density at radius 3 is 2.90 bits per heavy atom. The van der Waals surface area contributed by atoms with Crippen LogP contribution in [0.15, 0.2) is 27.8 Å². The molecule has 0 unspecified atom stereocenters. The van der Waals surface area contributed by atoms with Gasteiger partial charge in [0.25, 0.3) is 0 Å². The maximum Gasteiger partial charge on any atom is 0.226 e. The number of nitrogens with zero attached hydrogens (tertiary/aromatic N) is 1. The van der Waals surface area contributed by atoms with Gasteiger partial charge in [-0.15, -0.1) is 0 Å². The zero-order chi connectivity index (χ0) is 15.0. The van der Waals surface area contributed by atoms with Crippen molar-refractivity contribution in [2.75, 3.05) is 18.5 Å². The molecule has 0 fully saturated rings. The van der Waals surface area contributed by atoms with E-state index in [1.165, 1.54) is 0 Å². The minimum Gasteiger partial charge on any atom is -0.409 e. The lowest BCUT2D eigenvalue weighted by molar-refractivity contribution is -0.117. The average Bonchev–Trinajstić information content (AvgIpc) is 2.44. The fraction of sp³-hybridized carbons (Fsp3) is 0.385. The van der Waals surface area contributed by atoms with Crippen LogP contribution >= 0.6 is 15.9 Å². The summed E-state index contributed by atoms with van der Waals surface area (Å²) in [5.41, 5.74) is 6.52. The monoisotopic (exact) mass is 343 g/mol. The summed E-state index contributed by atoms with van der Waals surface area (Å²) in [6.45, 7) is 3.02. The van der Waals surface area contributed by atoms with E-state index in [1.54, 1.807) is 18.2 Å². The number of rotatable bonds is 7. The van der Waals surface area contributed by atoms with Gasteiger partial charge in [-0.05, 0) is 24.6 Å². The van der Waals surface area contributed by atoms with E-state index in [1.807, 2.05) is 6.92 Å². The Kier molecular flexibility index (Phi) is 7.03. The van der Waals surface area contributed by atoms with E-state index in [-0.39, 0.29) is 18.2 Å². The summed E-state index contributed by atoms with van der Waals surface area (Å²) in [7, 11) is 0. The number of carbonyl (C=O) groups is 1. The summed E-state index contributed by atoms with van der Waals surface area (Å²) in [6.07, 6.45) is 1.17. The number of halogens is 1. The van der Waals surface area contributed by atoms with Crippen LogP contribution in [0, 0.1) is 0 Å². The van der Waals surface area contributed by atoms with Crippen molar-refractivity contribution >= 4 is 33.4 Å². The lowest BCUT2D eigenvalue weighted by Gasteiger charge is -2.10. The molecule has 0 aliphatic rings. The van der Waals surface area contributed by atoms with E-state index < -0.39 is 0 Å². The van der Waals surface area contributed by atoms with E-state index in [9.17, 15) is 4.79 Å². The first kappa shape index (κ1) is 16.5. The summed E-state index contributed by atoms with van der Waals surface area (Å²) in [4.78, 5) is 11.8. The van der Waals surface area contributed by atoms with Crippen LogP contribution in [0.4, 0.5) is 5.69 Å². The highest BCUT2D eigenvalue weighted by Crippen LogP contribution is 2.21. The number of nitrogens with one attached hydrogen (secondary N) is 1. The lowest BCUT2D eigenvalue weighted by atomic mass is 10.1. The van der Waals surface area contributed by atoms with Crippen LogP contribution in [0.1, 0.15) is 25.3 Å². The summed E-state index contributed by atoms with van der Waals surface area (Å²) in [6, 6.07) is 5.11. The molecule has 0 saturated carbocycles. The van der Waals surface area contributed by atoms with Crippen molar-refractivity contribution in [1.82, 2.24) is 0 Å². The van der Waals surface area contributed by atoms with Crippen molar-refractivity contribution in [3.05, 3.63) is 28.2 Å². The molecule has 0 aliphatic carbocycles. The molecule has 0 radical (unpaired) electrons. The Balaban J connectivity index is 2.69. The van der Waals surface area contributed by atoms with Crippen LogP contribution in [0.2, 0.25) is 0 Å². The average molecular weight is 344 g/mol. The molecule has 1 aromatic rings. The predicted molar refractivity (Wildman–Crippen MR) is 81.0 cm³/mol. The second-order valence-corrected chi connectivity index (χ2v) is 5.00. The van der Waals surface area contributed by atoms with Crippen molar-refractivity contribution in [1.29, 1.82) is 0 Å². The normalized spacial score (nSPS) is 11.4. The second-order valence-electron chi connectivity index (χ2n) is 4.09. The van der Waals surface area contributed by atoms with E-state index in [4.69, 9.17) is 15.7 Å². The molecule has 4 N–H and O–H groups in total. The highest BCUT2D eigenvalue weighted by molar-refractivity contribution is 9.10. The van der Waals surface area contributed by atoms with Gasteiger partial charge in [0.1, 0.15) is 0 Å². The number of oxime groups is 1. The number of nitrogens with two attached hydrogens (primary N) is 1. The molecule has 1 amide bonds. The second kappa shape index (κ2) is 8.55. The maximum atomic E-state index is 11.8. The summed E-state index contributed by atoms with van der Waals surface area (Å²) in [5, 5.41) is 14.4. The molecule has 1 rings (SSSR count). The molecule has 0 heterocycles. The summed E-state index contributed by atoms with van der Waals surface area (Å²) < 4.78 is 6.02. The number of carbonyl (C=O) groups excluding carboxylic acids is 1. The smallest absolute Gasteiger partial charge is 0.226 e. The Labute approximate surface area is 126 Å². The van der Waals surface area contributed by atoms with Gasteiger partial charge in [0.15, 0.2) is 5.84 Å². The van der Waals surface area contributed by atoms with Crippen LogP contribution in [-0.2, 0) is 9.53 Å². The van der Waals surface area contributed by atoms with Gasteiger partial charge in [-0.3, -0.25) is 4.79 Å². The van der Waals surface area contributed by atoms with Crippen LogP contribution < -0.4 is 11.1 Å². The fourth-order valence-electron chi connectivity index (χ4n) is 1.52. The molecule has 0 aliphatic heterocycles. The van der Waals surface area contributed by atoms with Gasteiger partial charge >= 0.3 is 0 Å². The van der Waals surface area contributed by atoms with E-state index in [0.29, 0.717) is 24.5 Å². The van der Waals surface area contributed by atoms with Gasteiger partial charge in [0.05, 0.1) is 18.7 Å². The van der Waals surface area contributed by atoms with Crippen LogP contribution in [0.3, 0.4) is 0 Å².